The lowest BCUT2D eigenvalue weighted by Gasteiger charge is -2.31. The van der Waals surface area contributed by atoms with Crippen LogP contribution >= 0.6 is 0 Å². The lowest BCUT2D eigenvalue weighted by molar-refractivity contribution is -0.142. The highest BCUT2D eigenvalue weighted by molar-refractivity contribution is 6.01. The summed E-state index contributed by atoms with van der Waals surface area (Å²) in [5.74, 6) is -17.6. The van der Waals surface area contributed by atoms with Gasteiger partial charge in [0, 0.05) is 38.9 Å². The first kappa shape index (κ1) is 126. The summed E-state index contributed by atoms with van der Waals surface area (Å²) < 4.78 is 0. The molecule has 0 spiro atoms. The van der Waals surface area contributed by atoms with Gasteiger partial charge in [0.15, 0.2) is 17.9 Å². The summed E-state index contributed by atoms with van der Waals surface area (Å²) in [5.41, 5.74) is 43.0. The molecule has 0 heterocycles. The third-order valence-corrected chi connectivity index (χ3v) is 24.8. The van der Waals surface area contributed by atoms with Crippen molar-refractivity contribution in [2.24, 2.45) is 63.8 Å². The minimum absolute atomic E-state index is 0.00306. The molecular weight excluding hydrogens is 1910 g/mol. The maximum absolute atomic E-state index is 15.2. The Balaban J connectivity index is 1.70. The van der Waals surface area contributed by atoms with Crippen LogP contribution in [-0.4, -0.2) is 264 Å². The first-order chi connectivity index (χ1) is 70.2. The summed E-state index contributed by atoms with van der Waals surface area (Å²) in [6, 6.07) is 6.12. The van der Waals surface area contributed by atoms with Crippen LogP contribution < -0.4 is 136 Å². The second kappa shape index (κ2) is 67.4. The van der Waals surface area contributed by atoms with Gasteiger partial charge in [0.25, 0.3) is 0 Å². The molecule has 0 saturated carbocycles. The van der Waals surface area contributed by atoms with Gasteiger partial charge in [-0.1, -0.05) is 153 Å². The van der Waals surface area contributed by atoms with E-state index in [9.17, 15) is 58.5 Å². The fourth-order valence-electron chi connectivity index (χ4n) is 15.8. The summed E-state index contributed by atoms with van der Waals surface area (Å²) in [5, 5.41) is 102. The molecule has 0 unspecified atom stereocenters. The number of carbonyl (C=O) groups is 16. The number of phenols is 2. The Bertz CT molecular complexity index is 4930. The van der Waals surface area contributed by atoms with Gasteiger partial charge in [0.1, 0.15) is 102 Å². The Morgan fingerprint density at radius 3 is 0.858 bits per heavy atom. The molecule has 0 aromatic heterocycles. The van der Waals surface area contributed by atoms with Crippen molar-refractivity contribution in [3.05, 3.63) is 131 Å². The topological polar surface area (TPSA) is 804 Å². The van der Waals surface area contributed by atoms with Crippen molar-refractivity contribution in [1.82, 2.24) is 95.7 Å². The van der Waals surface area contributed by atoms with Crippen LogP contribution in [0, 0.1) is 39.9 Å². The van der Waals surface area contributed by atoms with E-state index in [1.807, 2.05) is 6.92 Å². The molecule has 0 radical (unpaired) electrons. The smallest absolute Gasteiger partial charge is 0.326 e. The number of aromatic hydroxyl groups is 2. The number of hydrogen-bond donors (Lipinski definition) is 31. The van der Waals surface area contributed by atoms with E-state index in [1.165, 1.54) is 50.2 Å². The molecule has 148 heavy (non-hydrogen) atoms. The first-order valence-corrected chi connectivity index (χ1v) is 50.7. The lowest BCUT2D eigenvalue weighted by atomic mass is 9.95. The Kier molecular flexibility index (Phi) is 57.4. The molecule has 4 aromatic rings. The van der Waals surface area contributed by atoms with Crippen LogP contribution in [0.15, 0.2) is 109 Å². The Labute approximate surface area is 865 Å². The quantitative estimate of drug-likeness (QED) is 0.0130. The van der Waals surface area contributed by atoms with Crippen LogP contribution in [0.5, 0.6) is 11.5 Å². The van der Waals surface area contributed by atoms with Crippen LogP contribution in [0.3, 0.4) is 0 Å². The molecule has 0 saturated heterocycles. The number of rotatable bonds is 70. The highest BCUT2D eigenvalue weighted by Crippen LogP contribution is 2.21. The second-order valence-electron chi connectivity index (χ2n) is 38.0. The summed E-state index contributed by atoms with van der Waals surface area (Å²) in [6.07, 6.45) is 1.46. The molecule has 0 bridgehead atoms. The van der Waals surface area contributed by atoms with E-state index >= 15 is 33.6 Å². The summed E-state index contributed by atoms with van der Waals surface area (Å²) in [6.45, 7) is 17.0. The van der Waals surface area contributed by atoms with E-state index in [0.717, 1.165) is 0 Å². The molecule has 4 aromatic carbocycles. The molecule has 0 aliphatic carbocycles. The van der Waals surface area contributed by atoms with E-state index in [1.54, 1.807) is 121 Å². The van der Waals surface area contributed by atoms with Gasteiger partial charge < -0.3 is 151 Å². The zero-order chi connectivity index (χ0) is 110. The van der Waals surface area contributed by atoms with Crippen molar-refractivity contribution in [1.29, 1.82) is 16.2 Å². The third-order valence-electron chi connectivity index (χ3n) is 24.8. The SMILES string of the molecule is CC[C@H](C)[C@H](NC(=O)[C@H](CCCCN)NC(=O)[C@H](Cc1ccc(O)cc1)NC(=O)[C@@H](NC(=O)[C@@H](NC(=O)[C@@H](N)Cc1ccc(O)cc1)[C@@H](C)CC)C(C)C)C(=O)N[C@@H](CCCNC(=N)N)C(=O)N[C@@H](Cc1ccccc1)C(=O)N[C@@H](C)C(=O)N[C@@H](Cc1ccccc1)C(=O)N[C@@H](CCCCN)C(=O)N[C@@H](CCCNC(=N)N)C(=O)N[C@@H](CCCNC(=N)N)C(=O)N[C@@H](CCCCN)C(=O)N[C@@H](C)C(=O)N[C@@H](CC(C)C)C(=O)O. The first-order valence-electron chi connectivity index (χ1n) is 50.7. The van der Waals surface area contributed by atoms with E-state index in [2.05, 4.69) is 95.7 Å². The molecule has 0 aliphatic rings. The predicted octanol–water partition coefficient (Wildman–Crippen LogP) is -1.94. The Hall–Kier alpha value is -14.3. The maximum atomic E-state index is 15.2. The number of carboxylic acids is 1. The number of nitrogens with one attached hydrogen (secondary N) is 21. The zero-order valence-corrected chi connectivity index (χ0v) is 86.7. The number of phenolic OH excluding ortho intramolecular Hbond substituents is 2. The highest BCUT2D eigenvalue weighted by Gasteiger charge is 2.41. The summed E-state index contributed by atoms with van der Waals surface area (Å²) in [4.78, 5) is 232. The molecule has 18 atom stereocenters. The zero-order valence-electron chi connectivity index (χ0n) is 86.7. The third kappa shape index (κ3) is 47.4. The van der Waals surface area contributed by atoms with Gasteiger partial charge in [-0.05, 0) is 213 Å². The molecule has 15 amide bonds. The largest absolute Gasteiger partial charge is 0.508 e. The molecule has 820 valence electrons. The van der Waals surface area contributed by atoms with Crippen LogP contribution in [0.4, 0.5) is 0 Å². The molecule has 47 nitrogen and oxygen atoms in total. The minimum atomic E-state index is -1.54. The van der Waals surface area contributed by atoms with E-state index < -0.39 is 227 Å². The van der Waals surface area contributed by atoms with Gasteiger partial charge in [0.2, 0.25) is 88.6 Å². The number of carbonyl (C=O) groups excluding carboxylic acids is 15. The highest BCUT2D eigenvalue weighted by atomic mass is 16.4. The summed E-state index contributed by atoms with van der Waals surface area (Å²) >= 11 is 0. The maximum Gasteiger partial charge on any atom is 0.326 e. The standard InChI is InChI=1S/C101H162N28O19/c1-11-59(7)81(129-91(140)72(34-21-24-48-104)121-94(143)78(56-66-40-44-68(131)45-41-66)125-95(144)80(58(5)6)127-97(146)82(60(8)12-2)128-85(134)69(105)53-65-38-42-67(130)43-39-65)96(145)122-75(37-27-51-114-101(110)111)90(139)124-76(54-63-28-15-13-16-29-63)92(141)116-61(9)83(132)123-77(55-64-30-17-14-18-31-64)93(142)120-71(33-20-23-47-103)87(136)118-74(36-26-50-113-100(108)109)89(138)119-73(35-25-49-112-99(106)107)88(137)117-70(32-19-22-46-102)86(135)115-62(10)84(133)126-79(98(147)148)52-57(3)4/h13-18,28-31,38-45,57-62,69-82,130-131H,11-12,19-27,32-37,46-56,102-105H2,1-10H3,(H,115,135)(H,116,141)(H,117,137)(H,118,136)(H,119,138)(H,120,142)(H,121,143)(H,122,145)(H,123,132)(H,124,139)(H,125,144)(H,126,133)(H,127,146)(H,128,134)(H,129,140)(H,147,148)(H4,106,107,112)(H4,108,109,113)(H4,110,111,114)/t59-,60-,61-,62-,69-,70-,71-,72-,73-,74-,75-,76-,77-,78-,79-,80-,81-,82-/m0/s1. The number of benzene rings is 4. The molecule has 38 N–H and O–H groups in total. The molecule has 0 aliphatic heterocycles. The fourth-order valence-corrected chi connectivity index (χ4v) is 15.8. The molecule has 4 rings (SSSR count). The van der Waals surface area contributed by atoms with E-state index in [0.29, 0.717) is 54.4 Å². The monoisotopic (exact) mass is 2070 g/mol. The van der Waals surface area contributed by atoms with Gasteiger partial charge in [-0.3, -0.25) is 88.1 Å². The summed E-state index contributed by atoms with van der Waals surface area (Å²) in [7, 11) is 0. The number of carboxylic acid groups (broad SMARTS) is 1. The fraction of sp³-hybridized carbons (Fsp3) is 0.574. The van der Waals surface area contributed by atoms with Gasteiger partial charge in [-0.2, -0.15) is 0 Å². The average Bonchev–Trinajstić information content (AvgIpc) is 0.829. The van der Waals surface area contributed by atoms with Gasteiger partial charge in [0.05, 0.1) is 6.04 Å². The van der Waals surface area contributed by atoms with Gasteiger partial charge >= 0.3 is 5.97 Å². The van der Waals surface area contributed by atoms with Crippen LogP contribution in [0.2, 0.25) is 0 Å². The Morgan fingerprint density at radius 2 is 0.541 bits per heavy atom. The molecule has 0 fully saturated rings. The van der Waals surface area contributed by atoms with Crippen molar-refractivity contribution in [3.63, 3.8) is 0 Å². The van der Waals surface area contributed by atoms with E-state index in [4.69, 9.17) is 56.4 Å². The van der Waals surface area contributed by atoms with Crippen LogP contribution in [-0.2, 0) is 102 Å². The minimum Gasteiger partial charge on any atom is -0.508 e. The normalized spacial score (nSPS) is 14.8. The average molecular weight is 2070 g/mol. The van der Waals surface area contributed by atoms with Crippen molar-refractivity contribution >= 4 is 112 Å². The number of guanidine groups is 3. The van der Waals surface area contributed by atoms with Gasteiger partial charge in [-0.25, -0.2) is 4.79 Å². The van der Waals surface area contributed by atoms with Crippen molar-refractivity contribution < 1.29 is 92.0 Å². The number of amides is 15. The number of aliphatic carboxylic acids is 1. The number of nitrogens with two attached hydrogens (primary N) is 7. The lowest BCUT2D eigenvalue weighted by Crippen LogP contribution is -2.62. The van der Waals surface area contributed by atoms with Gasteiger partial charge in [-0.15, -0.1) is 0 Å². The van der Waals surface area contributed by atoms with E-state index in [-0.39, 0.29) is 166 Å². The van der Waals surface area contributed by atoms with Crippen molar-refractivity contribution in [3.8, 4) is 11.5 Å². The van der Waals surface area contributed by atoms with Crippen molar-refractivity contribution in [2.45, 2.75) is 307 Å². The molecule has 47 heteroatoms. The Morgan fingerprint density at radius 1 is 0.291 bits per heavy atom. The van der Waals surface area contributed by atoms with Crippen LogP contribution in [0.25, 0.3) is 0 Å². The number of hydrogen-bond acceptors (Lipinski definition) is 25. The van der Waals surface area contributed by atoms with Crippen molar-refractivity contribution in [2.75, 3.05) is 39.3 Å². The molecular formula is C101H162N28O19. The number of unbranched alkanes of at least 4 members (excludes halogenated alkanes) is 3. The van der Waals surface area contributed by atoms with Crippen LogP contribution in [0.1, 0.15) is 207 Å². The predicted molar refractivity (Wildman–Crippen MR) is 559 cm³/mol. The second-order valence-corrected chi connectivity index (χ2v) is 38.0.